The number of anilines is 1. The molecule has 3 aromatic rings. The molecular weight excluding hydrogens is 432 g/mol. The number of hydrogen-bond acceptors (Lipinski definition) is 8. The van der Waals surface area contributed by atoms with Gasteiger partial charge in [-0.15, -0.1) is 10.2 Å². The molecule has 1 aromatic carbocycles. The molecule has 28 heavy (non-hydrogen) atoms. The van der Waals surface area contributed by atoms with Crippen molar-refractivity contribution in [1.82, 2.24) is 20.3 Å². The zero-order valence-corrected chi connectivity index (χ0v) is 15.1. The molecule has 0 aliphatic heterocycles. The van der Waals surface area contributed by atoms with Gasteiger partial charge in [0.25, 0.3) is 0 Å². The summed E-state index contributed by atoms with van der Waals surface area (Å²) < 4.78 is 80.1. The van der Waals surface area contributed by atoms with E-state index in [0.29, 0.717) is 4.34 Å². The molecule has 6 nitrogen and oxygen atoms in total. The van der Waals surface area contributed by atoms with E-state index in [-0.39, 0.29) is 28.2 Å². The Morgan fingerprint density at radius 2 is 1.89 bits per heavy atom. The molecule has 1 N–H and O–H groups in total. The van der Waals surface area contributed by atoms with Crippen LogP contribution >= 0.6 is 23.1 Å². The van der Waals surface area contributed by atoms with Crippen LogP contribution in [0.3, 0.4) is 0 Å². The first-order valence-corrected chi connectivity index (χ1v) is 9.17. The molecule has 150 valence electrons. The molecule has 0 saturated heterocycles. The Kier molecular flexibility index (Phi) is 5.79. The monoisotopic (exact) mass is 441 g/mol. The van der Waals surface area contributed by atoms with Gasteiger partial charge >= 0.3 is 12.4 Å². The van der Waals surface area contributed by atoms with Crippen LogP contribution in [-0.4, -0.2) is 33.1 Å². The van der Waals surface area contributed by atoms with Gasteiger partial charge in [0.1, 0.15) is 6.54 Å². The normalized spacial score (nSPS) is 12.4. The minimum absolute atomic E-state index is 0.00787. The minimum Gasteiger partial charge on any atom is -0.351 e. The summed E-state index contributed by atoms with van der Waals surface area (Å²) >= 11 is 2.01. The Morgan fingerprint density at radius 3 is 2.61 bits per heavy atom. The van der Waals surface area contributed by atoms with Crippen LogP contribution in [0.5, 0.6) is 0 Å². The van der Waals surface area contributed by atoms with E-state index in [1.807, 2.05) is 0 Å². The molecule has 0 unspecified atom stereocenters. The number of alkyl halides is 6. The standard InChI is InChI=1S/C14H9F6N5OS2/c15-13(16,17)6-21-11-23-24-12(28-11)27-5-9-22-10(25-26-9)7-2-1-3-8(4-7)14(18,19)20/h1-4H,5-6H2,(H,21,23). The summed E-state index contributed by atoms with van der Waals surface area (Å²) in [6, 6.07) is 4.49. The highest BCUT2D eigenvalue weighted by Crippen LogP contribution is 2.32. The maximum absolute atomic E-state index is 12.8. The Labute approximate surface area is 161 Å². The summed E-state index contributed by atoms with van der Waals surface area (Å²) in [5.41, 5.74) is -0.692. The summed E-state index contributed by atoms with van der Waals surface area (Å²) in [6.07, 6.45) is -8.86. The van der Waals surface area contributed by atoms with Gasteiger partial charge in [-0.2, -0.15) is 31.3 Å². The van der Waals surface area contributed by atoms with Gasteiger partial charge in [0, 0.05) is 5.56 Å². The molecule has 2 aromatic heterocycles. The number of nitrogens with one attached hydrogen (secondary N) is 1. The van der Waals surface area contributed by atoms with Gasteiger partial charge in [0.05, 0.1) is 11.3 Å². The molecule has 3 rings (SSSR count). The molecule has 14 heteroatoms. The van der Waals surface area contributed by atoms with E-state index in [9.17, 15) is 26.3 Å². The fourth-order valence-electron chi connectivity index (χ4n) is 1.90. The molecular formula is C14H9F6N5OS2. The van der Waals surface area contributed by atoms with Crippen molar-refractivity contribution in [2.45, 2.75) is 22.4 Å². The van der Waals surface area contributed by atoms with E-state index in [1.165, 1.54) is 12.1 Å². The fraction of sp³-hybridized carbons (Fsp3) is 0.286. The van der Waals surface area contributed by atoms with E-state index >= 15 is 0 Å². The predicted molar refractivity (Wildman–Crippen MR) is 88.8 cm³/mol. The van der Waals surface area contributed by atoms with Gasteiger partial charge in [0.2, 0.25) is 16.8 Å². The second-order valence-electron chi connectivity index (χ2n) is 5.22. The van der Waals surface area contributed by atoms with Crippen molar-refractivity contribution >= 4 is 28.2 Å². The molecule has 0 aliphatic rings. The predicted octanol–water partition coefficient (Wildman–Crippen LogP) is 4.87. The average molecular weight is 441 g/mol. The van der Waals surface area contributed by atoms with Gasteiger partial charge < -0.3 is 9.84 Å². The van der Waals surface area contributed by atoms with Crippen molar-refractivity contribution in [3.63, 3.8) is 0 Å². The maximum atomic E-state index is 12.8. The Balaban J connectivity index is 1.61. The second kappa shape index (κ2) is 7.95. The SMILES string of the molecule is FC(F)(F)CNc1nnc(SCc2nc(-c3cccc(C(F)(F)F)c3)no2)s1. The molecule has 2 heterocycles. The van der Waals surface area contributed by atoms with Crippen LogP contribution in [0.25, 0.3) is 11.4 Å². The quantitative estimate of drug-likeness (QED) is 0.432. The first-order chi connectivity index (χ1) is 13.1. The average Bonchev–Trinajstić information content (AvgIpc) is 3.26. The molecule has 0 atom stereocenters. The van der Waals surface area contributed by atoms with Crippen molar-refractivity contribution < 1.29 is 30.9 Å². The number of halogens is 6. The highest BCUT2D eigenvalue weighted by atomic mass is 32.2. The first kappa shape index (κ1) is 20.4. The Bertz CT molecular complexity index is 939. The van der Waals surface area contributed by atoms with Gasteiger partial charge in [-0.05, 0) is 12.1 Å². The summed E-state index contributed by atoms with van der Waals surface area (Å²) in [4.78, 5) is 4.02. The van der Waals surface area contributed by atoms with Gasteiger partial charge in [-0.25, -0.2) is 0 Å². The highest BCUT2D eigenvalue weighted by Gasteiger charge is 2.31. The van der Waals surface area contributed by atoms with Crippen LogP contribution in [0.2, 0.25) is 0 Å². The van der Waals surface area contributed by atoms with E-state index in [2.05, 4.69) is 25.7 Å². The van der Waals surface area contributed by atoms with Gasteiger partial charge in [-0.3, -0.25) is 0 Å². The molecule has 0 fully saturated rings. The third kappa shape index (κ3) is 5.58. The smallest absolute Gasteiger partial charge is 0.351 e. The van der Waals surface area contributed by atoms with Crippen LogP contribution in [0.15, 0.2) is 33.1 Å². The third-order valence-corrected chi connectivity index (χ3v) is 5.08. The zero-order valence-electron chi connectivity index (χ0n) is 13.5. The summed E-state index contributed by atoms with van der Waals surface area (Å²) in [7, 11) is 0. The van der Waals surface area contributed by atoms with E-state index < -0.39 is 24.5 Å². The largest absolute Gasteiger partial charge is 0.416 e. The summed E-state index contributed by atoms with van der Waals surface area (Å²) in [6.45, 7) is -1.23. The van der Waals surface area contributed by atoms with Gasteiger partial charge in [0.15, 0.2) is 4.34 Å². The molecule has 0 radical (unpaired) electrons. The van der Waals surface area contributed by atoms with Crippen LogP contribution in [0.4, 0.5) is 31.5 Å². The fourth-order valence-corrected chi connectivity index (χ4v) is 3.49. The van der Waals surface area contributed by atoms with E-state index in [1.54, 1.807) is 0 Å². The third-order valence-electron chi connectivity index (χ3n) is 3.08. The Hall–Kier alpha value is -2.35. The molecule has 0 saturated carbocycles. The second-order valence-corrected chi connectivity index (χ2v) is 7.42. The van der Waals surface area contributed by atoms with Crippen LogP contribution in [0, 0.1) is 0 Å². The number of thioether (sulfide) groups is 1. The topological polar surface area (TPSA) is 76.7 Å². The lowest BCUT2D eigenvalue weighted by atomic mass is 10.1. The minimum atomic E-state index is -4.49. The van der Waals surface area contributed by atoms with Crippen molar-refractivity contribution in [1.29, 1.82) is 0 Å². The first-order valence-electron chi connectivity index (χ1n) is 7.37. The van der Waals surface area contributed by atoms with E-state index in [0.717, 1.165) is 35.2 Å². The highest BCUT2D eigenvalue weighted by molar-refractivity contribution is 8.00. The molecule has 0 bridgehead atoms. The van der Waals surface area contributed by atoms with Crippen LogP contribution in [-0.2, 0) is 11.9 Å². The maximum Gasteiger partial charge on any atom is 0.416 e. The lowest BCUT2D eigenvalue weighted by Gasteiger charge is -2.06. The van der Waals surface area contributed by atoms with Crippen molar-refractivity contribution in [2.75, 3.05) is 11.9 Å². The molecule has 0 amide bonds. The molecule has 0 spiro atoms. The lowest BCUT2D eigenvalue weighted by Crippen LogP contribution is -2.21. The van der Waals surface area contributed by atoms with Gasteiger partial charge in [-0.1, -0.05) is 40.4 Å². The molecule has 0 aliphatic carbocycles. The van der Waals surface area contributed by atoms with Crippen molar-refractivity contribution in [3.05, 3.63) is 35.7 Å². The number of benzene rings is 1. The summed E-state index contributed by atoms with van der Waals surface area (Å²) in [5, 5.41) is 13.1. The zero-order chi connectivity index (χ0) is 20.4. The number of nitrogens with zero attached hydrogens (tertiary/aromatic N) is 4. The van der Waals surface area contributed by atoms with Crippen LogP contribution in [0.1, 0.15) is 11.5 Å². The lowest BCUT2D eigenvalue weighted by molar-refractivity contribution is -0.137. The number of rotatable bonds is 6. The number of aromatic nitrogens is 4. The van der Waals surface area contributed by atoms with E-state index in [4.69, 9.17) is 4.52 Å². The number of hydrogen-bond donors (Lipinski definition) is 1. The Morgan fingerprint density at radius 1 is 1.11 bits per heavy atom. The van der Waals surface area contributed by atoms with Crippen molar-refractivity contribution in [2.24, 2.45) is 0 Å². The van der Waals surface area contributed by atoms with Crippen molar-refractivity contribution in [3.8, 4) is 11.4 Å². The summed E-state index contributed by atoms with van der Waals surface area (Å²) in [5.74, 6) is 0.240. The van der Waals surface area contributed by atoms with Crippen LogP contribution < -0.4 is 5.32 Å².